The van der Waals surface area contributed by atoms with Crippen LogP contribution in [0.5, 0.6) is 0 Å². The zero-order chi connectivity index (χ0) is 20.0. The van der Waals surface area contributed by atoms with Crippen molar-refractivity contribution in [3.05, 3.63) is 35.4 Å². The van der Waals surface area contributed by atoms with Crippen molar-refractivity contribution in [3.8, 4) is 0 Å². The van der Waals surface area contributed by atoms with Crippen LogP contribution in [0.1, 0.15) is 63.6 Å². The first kappa shape index (κ1) is 21.9. The number of aryl methyl sites for hydroxylation is 1. The fourth-order valence-corrected chi connectivity index (χ4v) is 4.27. The second kappa shape index (κ2) is 9.66. The average molecular weight is 396 g/mol. The van der Waals surface area contributed by atoms with Crippen molar-refractivity contribution in [2.75, 3.05) is 13.1 Å². The van der Waals surface area contributed by atoms with E-state index in [-0.39, 0.29) is 23.8 Å². The van der Waals surface area contributed by atoms with Crippen LogP contribution >= 0.6 is 0 Å². The fraction of sp³-hybridized carbons (Fsp3) is 0.650. The monoisotopic (exact) mass is 395 g/mol. The lowest BCUT2D eigenvalue weighted by molar-refractivity contribution is -0.127. The SMILES string of the molecule is CCCCc1ccc(C(NC(=O)C2CCN(S(N)(=O)=O)CC2)C(C)C)cc1. The smallest absolute Gasteiger partial charge is 0.276 e. The maximum absolute atomic E-state index is 12.7. The van der Waals surface area contributed by atoms with Gasteiger partial charge in [-0.15, -0.1) is 0 Å². The van der Waals surface area contributed by atoms with Crippen LogP contribution in [0.3, 0.4) is 0 Å². The van der Waals surface area contributed by atoms with E-state index in [0.717, 1.165) is 12.0 Å². The number of nitrogens with two attached hydrogens (primary N) is 1. The lowest BCUT2D eigenvalue weighted by Gasteiger charge is -2.31. The van der Waals surface area contributed by atoms with E-state index < -0.39 is 10.2 Å². The van der Waals surface area contributed by atoms with Gasteiger partial charge in [0.05, 0.1) is 6.04 Å². The molecule has 2 rings (SSSR count). The van der Waals surface area contributed by atoms with Gasteiger partial charge < -0.3 is 5.32 Å². The van der Waals surface area contributed by atoms with E-state index in [4.69, 9.17) is 5.14 Å². The Balaban J connectivity index is 1.98. The highest BCUT2D eigenvalue weighted by Gasteiger charge is 2.30. The van der Waals surface area contributed by atoms with Crippen LogP contribution in [0, 0.1) is 11.8 Å². The summed E-state index contributed by atoms with van der Waals surface area (Å²) in [5.41, 5.74) is 2.44. The van der Waals surface area contributed by atoms with Crippen molar-refractivity contribution in [2.24, 2.45) is 17.0 Å². The zero-order valence-electron chi connectivity index (χ0n) is 16.6. The molecule has 1 aromatic rings. The molecule has 1 unspecified atom stereocenters. The van der Waals surface area contributed by atoms with Crippen LogP contribution in [0.15, 0.2) is 24.3 Å². The molecule has 1 heterocycles. The molecule has 1 aliphatic heterocycles. The zero-order valence-corrected chi connectivity index (χ0v) is 17.5. The van der Waals surface area contributed by atoms with Crippen molar-refractivity contribution in [1.29, 1.82) is 0 Å². The van der Waals surface area contributed by atoms with E-state index in [2.05, 4.69) is 50.4 Å². The van der Waals surface area contributed by atoms with Gasteiger partial charge in [0.25, 0.3) is 10.2 Å². The van der Waals surface area contributed by atoms with Crippen LogP contribution in [-0.4, -0.2) is 31.7 Å². The molecule has 0 aromatic heterocycles. The van der Waals surface area contributed by atoms with Gasteiger partial charge in [-0.05, 0) is 42.7 Å². The van der Waals surface area contributed by atoms with E-state index in [9.17, 15) is 13.2 Å². The molecule has 0 aliphatic carbocycles. The summed E-state index contributed by atoms with van der Waals surface area (Å²) >= 11 is 0. The topological polar surface area (TPSA) is 92.5 Å². The molecule has 1 fully saturated rings. The summed E-state index contributed by atoms with van der Waals surface area (Å²) in [7, 11) is -3.66. The van der Waals surface area contributed by atoms with Gasteiger partial charge >= 0.3 is 0 Å². The molecule has 1 amide bonds. The van der Waals surface area contributed by atoms with Crippen molar-refractivity contribution in [3.63, 3.8) is 0 Å². The largest absolute Gasteiger partial charge is 0.349 e. The summed E-state index contributed by atoms with van der Waals surface area (Å²) in [6, 6.07) is 8.47. The van der Waals surface area contributed by atoms with Gasteiger partial charge in [0.15, 0.2) is 0 Å². The number of piperidine rings is 1. The van der Waals surface area contributed by atoms with Crippen molar-refractivity contribution < 1.29 is 13.2 Å². The molecule has 0 bridgehead atoms. The van der Waals surface area contributed by atoms with Crippen LogP contribution in [0.2, 0.25) is 0 Å². The summed E-state index contributed by atoms with van der Waals surface area (Å²) in [5, 5.41) is 8.35. The van der Waals surface area contributed by atoms with Gasteiger partial charge in [-0.1, -0.05) is 51.5 Å². The third-order valence-electron chi connectivity index (χ3n) is 5.31. The molecule has 0 radical (unpaired) electrons. The number of amides is 1. The maximum Gasteiger partial charge on any atom is 0.276 e. The first-order valence-electron chi connectivity index (χ1n) is 9.89. The number of rotatable bonds is 8. The Labute approximate surface area is 163 Å². The number of nitrogens with zero attached hydrogens (tertiary/aromatic N) is 1. The second-order valence-electron chi connectivity index (χ2n) is 7.79. The van der Waals surface area contributed by atoms with Gasteiger partial charge in [-0.3, -0.25) is 4.79 Å². The summed E-state index contributed by atoms with van der Waals surface area (Å²) in [4.78, 5) is 12.7. The van der Waals surface area contributed by atoms with E-state index in [0.29, 0.717) is 25.9 Å². The number of hydrogen-bond donors (Lipinski definition) is 2. The summed E-state index contributed by atoms with van der Waals surface area (Å²) < 4.78 is 24.1. The fourth-order valence-electron chi connectivity index (χ4n) is 3.55. The Bertz CT molecular complexity index is 708. The Morgan fingerprint density at radius 3 is 2.30 bits per heavy atom. The second-order valence-corrected chi connectivity index (χ2v) is 9.34. The minimum Gasteiger partial charge on any atom is -0.349 e. The van der Waals surface area contributed by atoms with Crippen LogP contribution < -0.4 is 10.5 Å². The van der Waals surface area contributed by atoms with Gasteiger partial charge in [-0.2, -0.15) is 12.7 Å². The van der Waals surface area contributed by atoms with Gasteiger partial charge in [0.1, 0.15) is 0 Å². The van der Waals surface area contributed by atoms with Crippen LogP contribution in [0.4, 0.5) is 0 Å². The highest BCUT2D eigenvalue weighted by Crippen LogP contribution is 2.25. The van der Waals surface area contributed by atoms with Gasteiger partial charge in [-0.25, -0.2) is 5.14 Å². The summed E-state index contributed by atoms with van der Waals surface area (Å²) in [6.45, 7) is 6.98. The number of unbranched alkanes of at least 4 members (excludes halogenated alkanes) is 1. The molecule has 1 aromatic carbocycles. The highest BCUT2D eigenvalue weighted by molar-refractivity contribution is 7.86. The molecule has 3 N–H and O–H groups in total. The Morgan fingerprint density at radius 1 is 1.22 bits per heavy atom. The highest BCUT2D eigenvalue weighted by atomic mass is 32.2. The molecule has 1 atom stereocenters. The third kappa shape index (κ3) is 6.30. The lowest BCUT2D eigenvalue weighted by atomic mass is 9.92. The number of hydrogen-bond acceptors (Lipinski definition) is 3. The molecule has 1 aliphatic rings. The van der Waals surface area contributed by atoms with Crippen molar-refractivity contribution in [2.45, 2.75) is 58.9 Å². The molecular weight excluding hydrogens is 362 g/mol. The van der Waals surface area contributed by atoms with E-state index in [1.165, 1.54) is 22.7 Å². The Morgan fingerprint density at radius 2 is 1.81 bits per heavy atom. The predicted molar refractivity (Wildman–Crippen MR) is 108 cm³/mol. The predicted octanol–water partition coefficient (Wildman–Crippen LogP) is 2.76. The first-order valence-corrected chi connectivity index (χ1v) is 11.4. The molecule has 1 saturated heterocycles. The summed E-state index contributed by atoms with van der Waals surface area (Å²) in [5.74, 6) is 0.0888. The molecule has 27 heavy (non-hydrogen) atoms. The van der Waals surface area contributed by atoms with E-state index in [1.807, 2.05) is 0 Å². The standard InChI is InChI=1S/C20H33N3O3S/c1-4-5-6-16-7-9-17(10-8-16)19(15(2)3)22-20(24)18-11-13-23(14-12-18)27(21,25)26/h7-10,15,18-19H,4-6,11-14H2,1-3H3,(H,22,24)(H2,21,25,26). The molecule has 6 nitrogen and oxygen atoms in total. The van der Waals surface area contributed by atoms with Gasteiger partial charge in [0.2, 0.25) is 5.91 Å². The average Bonchev–Trinajstić information content (AvgIpc) is 2.64. The van der Waals surface area contributed by atoms with E-state index >= 15 is 0 Å². The van der Waals surface area contributed by atoms with Gasteiger partial charge in [0, 0.05) is 19.0 Å². The van der Waals surface area contributed by atoms with Crippen molar-refractivity contribution >= 4 is 16.1 Å². The summed E-state index contributed by atoms with van der Waals surface area (Å²) in [6.07, 6.45) is 4.45. The number of carbonyl (C=O) groups is 1. The van der Waals surface area contributed by atoms with Crippen LogP contribution in [0.25, 0.3) is 0 Å². The Kier molecular flexibility index (Phi) is 7.82. The number of benzene rings is 1. The minimum atomic E-state index is -3.66. The Hall–Kier alpha value is -1.44. The molecule has 152 valence electrons. The third-order valence-corrected chi connectivity index (χ3v) is 6.39. The van der Waals surface area contributed by atoms with Crippen LogP contribution in [-0.2, 0) is 21.4 Å². The molecule has 0 spiro atoms. The van der Waals surface area contributed by atoms with Crippen molar-refractivity contribution in [1.82, 2.24) is 9.62 Å². The normalized spacial score (nSPS) is 17.8. The quantitative estimate of drug-likeness (QED) is 0.709. The molecular formula is C20H33N3O3S. The molecule has 7 heteroatoms. The van der Waals surface area contributed by atoms with E-state index in [1.54, 1.807) is 0 Å². The number of nitrogens with one attached hydrogen (secondary N) is 1. The molecule has 0 saturated carbocycles. The number of carbonyl (C=O) groups excluding carboxylic acids is 1. The maximum atomic E-state index is 12.7. The minimum absolute atomic E-state index is 0.00201. The first-order chi connectivity index (χ1) is 12.7. The lowest BCUT2D eigenvalue weighted by Crippen LogP contribution is -2.46.